The summed E-state index contributed by atoms with van der Waals surface area (Å²) in [5, 5.41) is 6.65. The third-order valence-corrected chi connectivity index (χ3v) is 2.56. The van der Waals surface area contributed by atoms with E-state index in [1.54, 1.807) is 18.2 Å². The molecule has 0 saturated carbocycles. The van der Waals surface area contributed by atoms with E-state index in [0.29, 0.717) is 23.3 Å². The van der Waals surface area contributed by atoms with Crippen LogP contribution in [-0.4, -0.2) is 16.8 Å². The van der Waals surface area contributed by atoms with E-state index in [4.69, 9.17) is 24.4 Å². The number of hydrogen-bond donors (Lipinski definition) is 4. The Labute approximate surface area is 122 Å². The first-order valence-corrected chi connectivity index (χ1v) is 6.36. The number of rotatable bonds is 4. The first kappa shape index (κ1) is 15.3. The van der Waals surface area contributed by atoms with Gasteiger partial charge in [-0.25, -0.2) is 4.39 Å². The van der Waals surface area contributed by atoms with Crippen molar-refractivity contribution in [1.82, 2.24) is 21.5 Å². The summed E-state index contributed by atoms with van der Waals surface area (Å²) in [6.45, 7) is 4.64. The number of hydrazine groups is 1. The molecule has 0 spiro atoms. The van der Waals surface area contributed by atoms with Crippen molar-refractivity contribution in [3.8, 4) is 0 Å². The maximum Gasteiger partial charge on any atom is 0.185 e. The minimum atomic E-state index is -0.259. The first-order chi connectivity index (χ1) is 9.11. The van der Waals surface area contributed by atoms with Crippen LogP contribution >= 0.6 is 24.4 Å². The van der Waals surface area contributed by atoms with Gasteiger partial charge in [-0.15, -0.1) is 6.58 Å². The Kier molecular flexibility index (Phi) is 6.76. The number of nitrogens with one attached hydrogen (secondary N) is 4. The van der Waals surface area contributed by atoms with Crippen molar-refractivity contribution in [2.24, 2.45) is 0 Å². The van der Waals surface area contributed by atoms with Gasteiger partial charge >= 0.3 is 0 Å². The molecule has 102 valence electrons. The Bertz CT molecular complexity index is 448. The van der Waals surface area contributed by atoms with Gasteiger partial charge in [0.15, 0.2) is 10.2 Å². The Balaban J connectivity index is 2.22. The lowest BCUT2D eigenvalue weighted by atomic mass is 10.2. The quantitative estimate of drug-likeness (QED) is 0.382. The van der Waals surface area contributed by atoms with Gasteiger partial charge in [-0.1, -0.05) is 18.2 Å². The van der Waals surface area contributed by atoms with Crippen LogP contribution in [0.5, 0.6) is 0 Å². The molecular formula is C12H15FN4S2. The average molecular weight is 298 g/mol. The summed E-state index contributed by atoms with van der Waals surface area (Å²) in [5.41, 5.74) is 6.38. The number of benzene rings is 1. The smallest absolute Gasteiger partial charge is 0.185 e. The standard InChI is InChI=1S/C12H15FN4S2/c1-2-7-14-11(18)16-17-12(19)15-8-9-3-5-10(13)6-4-9/h2-6H,1,7-8H2,(H2,14,16,18)(H2,15,17,19). The van der Waals surface area contributed by atoms with E-state index in [-0.39, 0.29) is 5.82 Å². The SMILES string of the molecule is C=CCNC(=S)NNC(=S)NCc1ccc(F)cc1. The summed E-state index contributed by atoms with van der Waals surface area (Å²) in [7, 11) is 0. The molecule has 19 heavy (non-hydrogen) atoms. The molecule has 0 unspecified atom stereocenters. The molecule has 1 aromatic rings. The zero-order valence-corrected chi connectivity index (χ0v) is 11.8. The molecule has 1 aromatic carbocycles. The van der Waals surface area contributed by atoms with E-state index in [1.165, 1.54) is 12.1 Å². The van der Waals surface area contributed by atoms with Gasteiger partial charge in [0.05, 0.1) is 0 Å². The fourth-order valence-corrected chi connectivity index (χ4v) is 1.41. The van der Waals surface area contributed by atoms with Crippen molar-refractivity contribution in [2.45, 2.75) is 6.54 Å². The van der Waals surface area contributed by atoms with Crippen LogP contribution in [-0.2, 0) is 6.54 Å². The molecule has 1 rings (SSSR count). The minimum Gasteiger partial charge on any atom is -0.358 e. The number of hydrogen-bond acceptors (Lipinski definition) is 2. The van der Waals surface area contributed by atoms with E-state index >= 15 is 0 Å². The van der Waals surface area contributed by atoms with Crippen LogP contribution in [0.1, 0.15) is 5.56 Å². The van der Waals surface area contributed by atoms with Gasteiger partial charge in [-0.05, 0) is 42.1 Å². The number of thiocarbonyl (C=S) groups is 2. The Morgan fingerprint density at radius 3 is 2.26 bits per heavy atom. The van der Waals surface area contributed by atoms with Crippen molar-refractivity contribution in [3.05, 3.63) is 48.3 Å². The lowest BCUT2D eigenvalue weighted by molar-refractivity contribution is 0.626. The van der Waals surface area contributed by atoms with Crippen LogP contribution in [0.25, 0.3) is 0 Å². The molecule has 0 bridgehead atoms. The van der Waals surface area contributed by atoms with Gasteiger partial charge in [0.2, 0.25) is 0 Å². The monoisotopic (exact) mass is 298 g/mol. The second-order valence-electron chi connectivity index (χ2n) is 3.56. The molecule has 0 atom stereocenters. The maximum absolute atomic E-state index is 12.7. The van der Waals surface area contributed by atoms with Crippen LogP contribution in [0, 0.1) is 5.82 Å². The highest BCUT2D eigenvalue weighted by Gasteiger charge is 1.98. The molecule has 0 aliphatic heterocycles. The van der Waals surface area contributed by atoms with E-state index in [1.807, 2.05) is 0 Å². The molecule has 0 saturated heterocycles. The highest BCUT2D eigenvalue weighted by Crippen LogP contribution is 2.01. The highest BCUT2D eigenvalue weighted by molar-refractivity contribution is 7.80. The third kappa shape index (κ3) is 6.68. The summed E-state index contributed by atoms with van der Waals surface area (Å²) in [5.74, 6) is -0.259. The van der Waals surface area contributed by atoms with E-state index in [0.717, 1.165) is 5.56 Å². The van der Waals surface area contributed by atoms with Crippen LogP contribution in [0.15, 0.2) is 36.9 Å². The van der Waals surface area contributed by atoms with Crippen LogP contribution < -0.4 is 21.5 Å². The maximum atomic E-state index is 12.7. The molecule has 0 radical (unpaired) electrons. The largest absolute Gasteiger partial charge is 0.358 e. The molecule has 0 heterocycles. The van der Waals surface area contributed by atoms with Crippen LogP contribution in [0.3, 0.4) is 0 Å². The molecule has 0 aromatic heterocycles. The predicted octanol–water partition coefficient (Wildman–Crippen LogP) is 1.35. The first-order valence-electron chi connectivity index (χ1n) is 5.55. The Hall–Kier alpha value is -1.73. The molecule has 4 N–H and O–H groups in total. The summed E-state index contributed by atoms with van der Waals surface area (Å²) >= 11 is 10.0. The van der Waals surface area contributed by atoms with Crippen LogP contribution in [0.2, 0.25) is 0 Å². The van der Waals surface area contributed by atoms with E-state index < -0.39 is 0 Å². The molecule has 4 nitrogen and oxygen atoms in total. The van der Waals surface area contributed by atoms with Crippen molar-refractivity contribution < 1.29 is 4.39 Å². The van der Waals surface area contributed by atoms with Crippen molar-refractivity contribution in [1.29, 1.82) is 0 Å². The average Bonchev–Trinajstić information content (AvgIpc) is 2.42. The Morgan fingerprint density at radius 1 is 1.11 bits per heavy atom. The van der Waals surface area contributed by atoms with E-state index in [9.17, 15) is 4.39 Å². The second kappa shape index (κ2) is 8.39. The molecule has 0 fully saturated rings. The van der Waals surface area contributed by atoms with E-state index in [2.05, 4.69) is 28.1 Å². The summed E-state index contributed by atoms with van der Waals surface area (Å²) < 4.78 is 12.7. The normalized spacial score (nSPS) is 9.32. The highest BCUT2D eigenvalue weighted by atomic mass is 32.1. The van der Waals surface area contributed by atoms with Gasteiger partial charge in [0.1, 0.15) is 5.82 Å². The fourth-order valence-electron chi connectivity index (χ4n) is 1.15. The zero-order valence-electron chi connectivity index (χ0n) is 10.2. The second-order valence-corrected chi connectivity index (χ2v) is 4.37. The van der Waals surface area contributed by atoms with Gasteiger partial charge in [-0.2, -0.15) is 0 Å². The minimum absolute atomic E-state index is 0.259. The lowest BCUT2D eigenvalue weighted by Gasteiger charge is -2.13. The molecular weight excluding hydrogens is 283 g/mol. The third-order valence-electron chi connectivity index (χ3n) is 2.06. The van der Waals surface area contributed by atoms with Gasteiger partial charge in [0.25, 0.3) is 0 Å². The zero-order chi connectivity index (χ0) is 14.1. The lowest BCUT2D eigenvalue weighted by Crippen LogP contribution is -2.50. The fraction of sp³-hybridized carbons (Fsp3) is 0.167. The van der Waals surface area contributed by atoms with Gasteiger partial charge in [-0.3, -0.25) is 10.9 Å². The molecule has 7 heteroatoms. The van der Waals surface area contributed by atoms with Crippen molar-refractivity contribution in [3.63, 3.8) is 0 Å². The molecule has 0 aliphatic rings. The molecule has 0 amide bonds. The Morgan fingerprint density at radius 2 is 1.68 bits per heavy atom. The van der Waals surface area contributed by atoms with Gasteiger partial charge < -0.3 is 10.6 Å². The predicted molar refractivity (Wildman–Crippen MR) is 82.9 cm³/mol. The summed E-state index contributed by atoms with van der Waals surface area (Å²) in [6, 6.07) is 6.18. The van der Waals surface area contributed by atoms with Crippen molar-refractivity contribution in [2.75, 3.05) is 6.54 Å². The summed E-state index contributed by atoms with van der Waals surface area (Å²) in [6.07, 6.45) is 1.69. The molecule has 0 aliphatic carbocycles. The summed E-state index contributed by atoms with van der Waals surface area (Å²) in [4.78, 5) is 0. The van der Waals surface area contributed by atoms with Crippen LogP contribution in [0.4, 0.5) is 4.39 Å². The van der Waals surface area contributed by atoms with Crippen molar-refractivity contribution >= 4 is 34.7 Å². The number of halogens is 1. The topological polar surface area (TPSA) is 48.1 Å². The van der Waals surface area contributed by atoms with Gasteiger partial charge in [0, 0.05) is 13.1 Å².